The number of amides is 3. The molecule has 1 aromatic rings. The Kier molecular flexibility index (Phi) is 5.33. The maximum Gasteiger partial charge on any atom is 0.241 e. The van der Waals surface area contributed by atoms with Crippen molar-refractivity contribution in [2.75, 3.05) is 19.6 Å². The average molecular weight is 407 g/mol. The van der Waals surface area contributed by atoms with Gasteiger partial charge in [-0.2, -0.15) is 0 Å². The first-order chi connectivity index (χ1) is 13.0. The fourth-order valence-corrected chi connectivity index (χ4v) is 4.28. The highest BCUT2D eigenvalue weighted by Crippen LogP contribution is 2.24. The first-order valence-electron chi connectivity index (χ1n) is 9.22. The minimum atomic E-state index is -3.80. The Morgan fingerprint density at radius 3 is 2.11 bits per heavy atom. The summed E-state index contributed by atoms with van der Waals surface area (Å²) in [6.07, 6.45) is 0.439. The number of benzene rings is 1. The van der Waals surface area contributed by atoms with E-state index in [2.05, 4.69) is 4.72 Å². The Balaban J connectivity index is 1.53. The first kappa shape index (κ1) is 20.5. The normalized spacial score (nSPS) is 18.5. The second-order valence-corrected chi connectivity index (χ2v) is 9.98. The van der Waals surface area contributed by atoms with Gasteiger partial charge in [-0.25, -0.2) is 13.1 Å². The van der Waals surface area contributed by atoms with Crippen LogP contribution in [0.4, 0.5) is 0 Å². The van der Waals surface area contributed by atoms with Gasteiger partial charge in [0.2, 0.25) is 27.7 Å². The molecular weight excluding hydrogens is 382 g/mol. The lowest BCUT2D eigenvalue weighted by Crippen LogP contribution is -2.63. The highest BCUT2D eigenvalue weighted by Gasteiger charge is 2.42. The van der Waals surface area contributed by atoms with Crippen molar-refractivity contribution >= 4 is 27.7 Å². The van der Waals surface area contributed by atoms with Crippen LogP contribution in [-0.4, -0.2) is 61.6 Å². The summed E-state index contributed by atoms with van der Waals surface area (Å²) >= 11 is 0. The number of carbonyl (C=O) groups excluding carboxylic acids is 3. The van der Waals surface area contributed by atoms with Gasteiger partial charge in [0.25, 0.3) is 0 Å². The monoisotopic (exact) mass is 407 g/mol. The van der Waals surface area contributed by atoms with Crippen LogP contribution in [0.15, 0.2) is 29.2 Å². The van der Waals surface area contributed by atoms with E-state index < -0.39 is 10.0 Å². The van der Waals surface area contributed by atoms with Crippen LogP contribution >= 0.6 is 0 Å². The summed E-state index contributed by atoms with van der Waals surface area (Å²) in [6.45, 7) is 6.25. The molecule has 2 aliphatic rings. The van der Waals surface area contributed by atoms with Crippen molar-refractivity contribution in [3.63, 3.8) is 0 Å². The summed E-state index contributed by atoms with van der Waals surface area (Å²) in [5.74, 6) is -0.798. The van der Waals surface area contributed by atoms with E-state index in [-0.39, 0.29) is 66.5 Å². The van der Waals surface area contributed by atoms with Gasteiger partial charge in [0.1, 0.15) is 0 Å². The van der Waals surface area contributed by atoms with Crippen LogP contribution in [0.3, 0.4) is 0 Å². The van der Waals surface area contributed by atoms with E-state index in [4.69, 9.17) is 0 Å². The fraction of sp³-hybridized carbons (Fsp3) is 0.526. The molecule has 1 N–H and O–H groups in total. The van der Waals surface area contributed by atoms with Gasteiger partial charge in [0.15, 0.2) is 0 Å². The Labute approximate surface area is 164 Å². The third-order valence-corrected chi connectivity index (χ3v) is 6.53. The number of hydrogen-bond donors (Lipinski definition) is 1. The number of rotatable bonds is 5. The van der Waals surface area contributed by atoms with Crippen molar-refractivity contribution in [2.45, 2.75) is 50.0 Å². The van der Waals surface area contributed by atoms with E-state index >= 15 is 0 Å². The third kappa shape index (κ3) is 4.10. The van der Waals surface area contributed by atoms with Crippen LogP contribution in [0.5, 0.6) is 0 Å². The Morgan fingerprint density at radius 1 is 1.07 bits per heavy atom. The highest BCUT2D eigenvalue weighted by molar-refractivity contribution is 7.89. The maximum atomic E-state index is 12.4. The van der Waals surface area contributed by atoms with E-state index in [0.717, 1.165) is 5.56 Å². The van der Waals surface area contributed by atoms with E-state index in [1.165, 1.54) is 21.9 Å². The molecule has 3 rings (SSSR count). The van der Waals surface area contributed by atoms with E-state index in [1.54, 1.807) is 12.1 Å². The van der Waals surface area contributed by atoms with Gasteiger partial charge in [-0.1, -0.05) is 32.9 Å². The second-order valence-electron chi connectivity index (χ2n) is 8.21. The summed E-state index contributed by atoms with van der Waals surface area (Å²) in [5.41, 5.74) is 0.929. The molecule has 2 saturated heterocycles. The molecule has 0 aromatic heterocycles. The van der Waals surface area contributed by atoms with Crippen LogP contribution in [0.1, 0.15) is 39.2 Å². The molecule has 0 saturated carbocycles. The zero-order chi connectivity index (χ0) is 20.7. The molecule has 3 amide bonds. The smallest absolute Gasteiger partial charge is 0.241 e. The lowest BCUT2D eigenvalue weighted by atomic mass is 9.87. The molecule has 2 fully saturated rings. The molecule has 0 aliphatic carbocycles. The van der Waals surface area contributed by atoms with Gasteiger partial charge < -0.3 is 4.90 Å². The molecule has 152 valence electrons. The molecule has 0 radical (unpaired) electrons. The topological polar surface area (TPSA) is 104 Å². The Bertz CT molecular complexity index is 880. The van der Waals surface area contributed by atoms with E-state index in [9.17, 15) is 22.8 Å². The largest absolute Gasteiger partial charge is 0.337 e. The molecule has 0 spiro atoms. The molecule has 0 atom stereocenters. The zero-order valence-corrected chi connectivity index (χ0v) is 17.1. The summed E-state index contributed by atoms with van der Waals surface area (Å²) in [4.78, 5) is 38.4. The lowest BCUT2D eigenvalue weighted by molar-refractivity contribution is -0.151. The minimum absolute atomic E-state index is 0.0855. The predicted octanol–water partition coefficient (Wildman–Crippen LogP) is 0.622. The minimum Gasteiger partial charge on any atom is -0.337 e. The third-order valence-electron chi connectivity index (χ3n) is 5.11. The van der Waals surface area contributed by atoms with Gasteiger partial charge in [-0.05, 0) is 23.1 Å². The average Bonchev–Trinajstić information content (AvgIpc) is 2.91. The van der Waals surface area contributed by atoms with Gasteiger partial charge in [-0.3, -0.25) is 19.3 Å². The quantitative estimate of drug-likeness (QED) is 0.721. The highest BCUT2D eigenvalue weighted by atomic mass is 32.2. The molecule has 2 heterocycles. The van der Waals surface area contributed by atoms with Crippen LogP contribution < -0.4 is 4.72 Å². The van der Waals surface area contributed by atoms with Crippen LogP contribution in [0, 0.1) is 0 Å². The number of likely N-dealkylation sites (tertiary alicyclic amines) is 2. The maximum absolute atomic E-state index is 12.4. The Hall–Kier alpha value is -2.26. The van der Waals surface area contributed by atoms with Crippen LogP contribution in [0.25, 0.3) is 0 Å². The number of sulfonamides is 1. The lowest BCUT2D eigenvalue weighted by Gasteiger charge is -2.43. The molecule has 1 aromatic carbocycles. The van der Waals surface area contributed by atoms with E-state index in [0.29, 0.717) is 0 Å². The first-order valence-corrected chi connectivity index (χ1v) is 10.7. The number of carbonyl (C=O) groups is 3. The molecule has 8 nitrogen and oxygen atoms in total. The number of imide groups is 1. The standard InChI is InChI=1S/C19H25N3O5S/c1-19(2,3)13-4-6-15(7-5-13)28(26,27)20-10-18(25)21-11-14(12-21)22-16(23)8-9-17(22)24/h4-7,14,20H,8-12H2,1-3H3. The summed E-state index contributed by atoms with van der Waals surface area (Å²) in [5, 5.41) is 0. The van der Waals surface area contributed by atoms with Gasteiger partial charge in [0, 0.05) is 25.9 Å². The fourth-order valence-electron chi connectivity index (χ4n) is 3.31. The van der Waals surface area contributed by atoms with Crippen molar-refractivity contribution in [1.29, 1.82) is 0 Å². The van der Waals surface area contributed by atoms with Crippen LogP contribution in [-0.2, 0) is 29.8 Å². The number of nitrogens with one attached hydrogen (secondary N) is 1. The summed E-state index contributed by atoms with van der Waals surface area (Å²) < 4.78 is 27.1. The second kappa shape index (κ2) is 7.29. The number of nitrogens with zero attached hydrogens (tertiary/aromatic N) is 2. The zero-order valence-electron chi connectivity index (χ0n) is 16.3. The van der Waals surface area contributed by atoms with Gasteiger partial charge in [-0.15, -0.1) is 0 Å². The van der Waals surface area contributed by atoms with Crippen LogP contribution in [0.2, 0.25) is 0 Å². The predicted molar refractivity (Wildman–Crippen MR) is 102 cm³/mol. The molecule has 28 heavy (non-hydrogen) atoms. The van der Waals surface area contributed by atoms with E-state index in [1.807, 2.05) is 20.8 Å². The molecule has 2 aliphatic heterocycles. The summed E-state index contributed by atoms with van der Waals surface area (Å²) in [7, 11) is -3.80. The molecule has 9 heteroatoms. The number of hydrogen-bond acceptors (Lipinski definition) is 5. The van der Waals surface area contributed by atoms with Crippen molar-refractivity contribution in [2.24, 2.45) is 0 Å². The van der Waals surface area contributed by atoms with Crippen molar-refractivity contribution in [3.8, 4) is 0 Å². The van der Waals surface area contributed by atoms with Crippen molar-refractivity contribution < 1.29 is 22.8 Å². The van der Waals surface area contributed by atoms with Gasteiger partial charge in [0.05, 0.1) is 17.5 Å². The Morgan fingerprint density at radius 2 is 1.61 bits per heavy atom. The summed E-state index contributed by atoms with van der Waals surface area (Å²) in [6, 6.07) is 6.28. The van der Waals surface area contributed by atoms with Crippen molar-refractivity contribution in [3.05, 3.63) is 29.8 Å². The van der Waals surface area contributed by atoms with Gasteiger partial charge >= 0.3 is 0 Å². The molecule has 0 bridgehead atoms. The SMILES string of the molecule is CC(C)(C)c1ccc(S(=O)(=O)NCC(=O)N2CC(N3C(=O)CCC3=O)C2)cc1. The van der Waals surface area contributed by atoms with Crippen molar-refractivity contribution in [1.82, 2.24) is 14.5 Å². The molecular formula is C19H25N3O5S. The molecule has 0 unspecified atom stereocenters.